The third kappa shape index (κ3) is 6.42. The monoisotopic (exact) mass is 572 g/mol. The maximum Gasteiger partial charge on any atom is 0.416 e. The maximum atomic E-state index is 13.4. The number of alkyl halides is 3. The molecule has 6 nitrogen and oxygen atoms in total. The van der Waals surface area contributed by atoms with E-state index in [1.165, 1.54) is 12.1 Å². The van der Waals surface area contributed by atoms with Crippen molar-refractivity contribution in [3.8, 4) is 11.1 Å². The average molecular weight is 573 g/mol. The standard InChI is InChI=1S/C31H36F4N4O2/c1-36(29(40)23-5-3-21(4-6-23)22-7-9-24(10-8-22)31(33,34)35)27-16-18-39(20-27)30(41)37(2)28-15-17-38(19-28)26-13-11-25(32)12-14-26/h3-11,26-28H,12-20H2,1-2H3/t26?,27-,28?/m0/s1. The van der Waals surface area contributed by atoms with E-state index in [1.807, 2.05) is 16.8 Å². The van der Waals surface area contributed by atoms with E-state index < -0.39 is 11.7 Å². The van der Waals surface area contributed by atoms with Gasteiger partial charge in [0.15, 0.2) is 0 Å². The Balaban J connectivity index is 1.14. The first-order valence-electron chi connectivity index (χ1n) is 14.2. The van der Waals surface area contributed by atoms with Crippen molar-refractivity contribution in [3.63, 3.8) is 0 Å². The van der Waals surface area contributed by atoms with Gasteiger partial charge >= 0.3 is 12.2 Å². The van der Waals surface area contributed by atoms with Crippen molar-refractivity contribution in [3.05, 3.63) is 71.6 Å². The van der Waals surface area contributed by atoms with Gasteiger partial charge in [-0.15, -0.1) is 0 Å². The van der Waals surface area contributed by atoms with Crippen LogP contribution in [0.5, 0.6) is 0 Å². The van der Waals surface area contributed by atoms with E-state index in [0.29, 0.717) is 43.1 Å². The summed E-state index contributed by atoms with van der Waals surface area (Å²) in [5.74, 6) is -0.187. The molecule has 0 saturated carbocycles. The van der Waals surface area contributed by atoms with Gasteiger partial charge in [-0.25, -0.2) is 9.18 Å². The number of benzene rings is 2. The highest BCUT2D eigenvalue weighted by atomic mass is 19.4. The summed E-state index contributed by atoms with van der Waals surface area (Å²) in [6.07, 6.45) is 0.909. The van der Waals surface area contributed by atoms with Crippen LogP contribution in [0.4, 0.5) is 22.4 Å². The molecule has 0 spiro atoms. The van der Waals surface area contributed by atoms with Crippen LogP contribution < -0.4 is 0 Å². The first-order valence-corrected chi connectivity index (χ1v) is 14.2. The summed E-state index contributed by atoms with van der Waals surface area (Å²) in [7, 11) is 3.59. The lowest BCUT2D eigenvalue weighted by Crippen LogP contribution is -2.48. The Morgan fingerprint density at radius 2 is 1.44 bits per heavy atom. The van der Waals surface area contributed by atoms with Crippen molar-refractivity contribution in [2.24, 2.45) is 0 Å². The number of hydrogen-bond donors (Lipinski definition) is 0. The van der Waals surface area contributed by atoms with Crippen LogP contribution >= 0.6 is 0 Å². The lowest BCUT2D eigenvalue weighted by Gasteiger charge is -2.32. The van der Waals surface area contributed by atoms with E-state index in [-0.39, 0.29) is 29.8 Å². The number of rotatable bonds is 5. The van der Waals surface area contributed by atoms with Crippen molar-refractivity contribution in [1.29, 1.82) is 0 Å². The number of urea groups is 1. The average Bonchev–Trinajstić information content (AvgIpc) is 3.67. The molecule has 10 heteroatoms. The van der Waals surface area contributed by atoms with Gasteiger partial charge in [-0.3, -0.25) is 9.69 Å². The van der Waals surface area contributed by atoms with Crippen LogP contribution in [0.25, 0.3) is 11.1 Å². The van der Waals surface area contributed by atoms with Gasteiger partial charge in [0.25, 0.3) is 5.91 Å². The molecule has 0 bridgehead atoms. The third-order valence-electron chi connectivity index (χ3n) is 8.87. The highest BCUT2D eigenvalue weighted by molar-refractivity contribution is 5.95. The number of carbonyl (C=O) groups is 2. The number of nitrogens with zero attached hydrogens (tertiary/aromatic N) is 4. The zero-order chi connectivity index (χ0) is 29.3. The number of halogens is 4. The predicted molar refractivity (Wildman–Crippen MR) is 149 cm³/mol. The maximum absolute atomic E-state index is 13.4. The molecule has 1 aliphatic carbocycles. The van der Waals surface area contributed by atoms with Crippen molar-refractivity contribution in [1.82, 2.24) is 19.6 Å². The van der Waals surface area contributed by atoms with Crippen molar-refractivity contribution >= 4 is 11.9 Å². The van der Waals surface area contributed by atoms with Crippen LogP contribution in [0.3, 0.4) is 0 Å². The minimum Gasteiger partial charge on any atom is -0.337 e. The second-order valence-electron chi connectivity index (χ2n) is 11.4. The Kier molecular flexibility index (Phi) is 8.40. The molecular weight excluding hydrogens is 536 g/mol. The zero-order valence-electron chi connectivity index (χ0n) is 23.4. The number of likely N-dealkylation sites (tertiary alicyclic amines) is 2. The second-order valence-corrected chi connectivity index (χ2v) is 11.4. The summed E-state index contributed by atoms with van der Waals surface area (Å²) in [5, 5.41) is 0. The van der Waals surface area contributed by atoms with E-state index in [4.69, 9.17) is 0 Å². The van der Waals surface area contributed by atoms with Gasteiger partial charge in [-0.2, -0.15) is 13.2 Å². The number of likely N-dealkylation sites (N-methyl/N-ethyl adjacent to an activating group) is 2. The van der Waals surface area contributed by atoms with E-state index in [1.54, 1.807) is 42.3 Å². The summed E-state index contributed by atoms with van der Waals surface area (Å²) in [6, 6.07) is 12.1. The molecule has 0 aromatic heterocycles. The Bertz CT molecular complexity index is 1280. The Hall–Kier alpha value is -3.40. The molecule has 41 heavy (non-hydrogen) atoms. The summed E-state index contributed by atoms with van der Waals surface area (Å²) < 4.78 is 52.0. The Morgan fingerprint density at radius 1 is 0.829 bits per heavy atom. The summed E-state index contributed by atoms with van der Waals surface area (Å²) in [6.45, 7) is 2.72. The van der Waals surface area contributed by atoms with Crippen LogP contribution in [-0.2, 0) is 6.18 Å². The molecule has 3 aliphatic rings. The fraction of sp³-hybridized carbons (Fsp3) is 0.484. The molecule has 220 valence electrons. The highest BCUT2D eigenvalue weighted by Crippen LogP contribution is 2.31. The van der Waals surface area contributed by atoms with Gasteiger partial charge in [0.05, 0.1) is 17.4 Å². The van der Waals surface area contributed by atoms with E-state index in [0.717, 1.165) is 50.0 Å². The number of carbonyl (C=O) groups excluding carboxylic acids is 2. The molecule has 2 aromatic carbocycles. The Morgan fingerprint density at radius 3 is 2.05 bits per heavy atom. The molecular formula is C31H36F4N4O2. The summed E-state index contributed by atoms with van der Waals surface area (Å²) >= 11 is 0. The van der Waals surface area contributed by atoms with Crippen LogP contribution in [0.15, 0.2) is 60.4 Å². The van der Waals surface area contributed by atoms with Crippen LogP contribution in [0.1, 0.15) is 48.0 Å². The van der Waals surface area contributed by atoms with Crippen molar-refractivity contribution < 1.29 is 27.2 Å². The van der Waals surface area contributed by atoms with Crippen LogP contribution in [-0.4, -0.2) is 89.9 Å². The lowest BCUT2D eigenvalue weighted by molar-refractivity contribution is -0.137. The number of allylic oxidation sites excluding steroid dienone is 1. The summed E-state index contributed by atoms with van der Waals surface area (Å²) in [4.78, 5) is 34.2. The normalized spacial score (nSPS) is 23.4. The molecule has 3 amide bonds. The van der Waals surface area contributed by atoms with E-state index in [2.05, 4.69) is 4.90 Å². The van der Waals surface area contributed by atoms with Gasteiger partial charge in [0, 0.05) is 64.3 Å². The van der Waals surface area contributed by atoms with Gasteiger partial charge in [-0.1, -0.05) is 30.3 Å². The van der Waals surface area contributed by atoms with Gasteiger partial charge in [-0.05, 0) is 61.1 Å². The number of amides is 3. The Labute approximate surface area is 238 Å². The van der Waals surface area contributed by atoms with Crippen molar-refractivity contribution in [2.45, 2.75) is 56.4 Å². The molecule has 2 heterocycles. The second kappa shape index (κ2) is 11.8. The fourth-order valence-corrected chi connectivity index (χ4v) is 6.17. The lowest BCUT2D eigenvalue weighted by atomic mass is 10.00. The quantitative estimate of drug-likeness (QED) is 0.410. The molecule has 0 radical (unpaired) electrons. The fourth-order valence-electron chi connectivity index (χ4n) is 6.17. The first kappa shape index (κ1) is 29.1. The number of hydrogen-bond acceptors (Lipinski definition) is 3. The minimum atomic E-state index is -4.39. The van der Waals surface area contributed by atoms with E-state index in [9.17, 15) is 27.2 Å². The summed E-state index contributed by atoms with van der Waals surface area (Å²) in [5.41, 5.74) is 1.13. The molecule has 2 saturated heterocycles. The largest absolute Gasteiger partial charge is 0.416 e. The smallest absolute Gasteiger partial charge is 0.337 e. The topological polar surface area (TPSA) is 47.1 Å². The SMILES string of the molecule is CN(C(=O)N1CC[C@H](N(C)C(=O)c2ccc(-c3ccc(C(F)(F)F)cc3)cc2)C1)C1CCN(C2CC=C(F)CC2)C1. The molecule has 3 atom stereocenters. The predicted octanol–water partition coefficient (Wildman–Crippen LogP) is 6.05. The van der Waals surface area contributed by atoms with Gasteiger partial charge in [0.1, 0.15) is 0 Å². The van der Waals surface area contributed by atoms with Crippen LogP contribution in [0.2, 0.25) is 0 Å². The van der Waals surface area contributed by atoms with Crippen LogP contribution in [0, 0.1) is 0 Å². The van der Waals surface area contributed by atoms with E-state index >= 15 is 0 Å². The minimum absolute atomic E-state index is 0.0218. The first-order chi connectivity index (χ1) is 19.5. The molecule has 2 fully saturated rings. The molecule has 0 N–H and O–H groups in total. The molecule has 2 aromatic rings. The van der Waals surface area contributed by atoms with Gasteiger partial charge in [0.2, 0.25) is 0 Å². The van der Waals surface area contributed by atoms with Gasteiger partial charge < -0.3 is 14.7 Å². The van der Waals surface area contributed by atoms with Crippen molar-refractivity contribution in [2.75, 3.05) is 40.3 Å². The third-order valence-corrected chi connectivity index (χ3v) is 8.87. The molecule has 2 unspecified atom stereocenters. The highest BCUT2D eigenvalue weighted by Gasteiger charge is 2.37. The molecule has 5 rings (SSSR count). The molecule has 2 aliphatic heterocycles. The zero-order valence-corrected chi connectivity index (χ0v) is 23.4.